The Morgan fingerprint density at radius 2 is 1.96 bits per heavy atom. The minimum absolute atomic E-state index is 0.323. The summed E-state index contributed by atoms with van der Waals surface area (Å²) in [6.45, 7) is 1.74. The van der Waals surface area contributed by atoms with E-state index in [0.29, 0.717) is 23.1 Å². The summed E-state index contributed by atoms with van der Waals surface area (Å²) in [5, 5.41) is 9.37. The minimum atomic E-state index is -0.356. The molecule has 116 valence electrons. The van der Waals surface area contributed by atoms with Crippen LogP contribution in [0.2, 0.25) is 0 Å². The summed E-state index contributed by atoms with van der Waals surface area (Å²) in [5.41, 5.74) is 1.16. The van der Waals surface area contributed by atoms with Gasteiger partial charge < -0.3 is 15.2 Å². The number of rotatable bonds is 4. The second-order valence-electron chi connectivity index (χ2n) is 4.68. The third-order valence-electron chi connectivity index (χ3n) is 2.90. The molecule has 0 fully saturated rings. The molecule has 0 unspecified atom stereocenters. The maximum atomic E-state index is 12.0. The molecule has 1 amide bonds. The Bertz CT molecular complexity index is 832. The van der Waals surface area contributed by atoms with Crippen LogP contribution >= 0.6 is 15.9 Å². The number of halogens is 1. The fraction of sp³-hybridized carbons (Fsp3) is 0.0667. The van der Waals surface area contributed by atoms with E-state index in [9.17, 15) is 4.79 Å². The zero-order valence-corrected chi connectivity index (χ0v) is 13.7. The first-order valence-corrected chi connectivity index (χ1v) is 7.49. The van der Waals surface area contributed by atoms with Crippen molar-refractivity contribution in [1.82, 2.24) is 15.1 Å². The average molecular weight is 374 g/mol. The number of nitrogens with zero attached hydrogens (tertiary/aromatic N) is 3. The number of nitrogens with one attached hydrogen (secondary N) is 2. The monoisotopic (exact) mass is 373 g/mol. The molecule has 1 aromatic carbocycles. The van der Waals surface area contributed by atoms with Crippen LogP contribution < -0.4 is 10.6 Å². The van der Waals surface area contributed by atoms with Gasteiger partial charge in [-0.1, -0.05) is 17.3 Å². The summed E-state index contributed by atoms with van der Waals surface area (Å²) < 4.78 is 5.78. The molecule has 0 spiro atoms. The van der Waals surface area contributed by atoms with Gasteiger partial charge in [0, 0.05) is 22.9 Å². The van der Waals surface area contributed by atoms with Gasteiger partial charge in [0.25, 0.3) is 5.91 Å². The molecular weight excluding hydrogens is 362 g/mol. The van der Waals surface area contributed by atoms with Gasteiger partial charge in [0.2, 0.25) is 5.95 Å². The van der Waals surface area contributed by atoms with Gasteiger partial charge in [-0.15, -0.1) is 0 Å². The van der Waals surface area contributed by atoms with Crippen LogP contribution in [-0.4, -0.2) is 21.0 Å². The zero-order chi connectivity index (χ0) is 16.2. The molecule has 2 heterocycles. The summed E-state index contributed by atoms with van der Waals surface area (Å²) in [6.07, 6.45) is 2.88. The van der Waals surface area contributed by atoms with Gasteiger partial charge in [-0.3, -0.25) is 4.79 Å². The van der Waals surface area contributed by atoms with E-state index in [1.807, 2.05) is 24.3 Å². The smallest absolute Gasteiger partial charge is 0.260 e. The van der Waals surface area contributed by atoms with E-state index in [1.54, 1.807) is 13.0 Å². The summed E-state index contributed by atoms with van der Waals surface area (Å²) >= 11 is 3.43. The first-order valence-electron chi connectivity index (χ1n) is 6.70. The Labute approximate surface area is 140 Å². The first-order chi connectivity index (χ1) is 11.1. The Morgan fingerprint density at radius 3 is 2.61 bits per heavy atom. The van der Waals surface area contributed by atoms with Gasteiger partial charge in [-0.2, -0.15) is 0 Å². The van der Waals surface area contributed by atoms with Crippen LogP contribution in [0, 0.1) is 6.92 Å². The number of para-hydroxylation sites is 1. The van der Waals surface area contributed by atoms with Crippen molar-refractivity contribution in [3.8, 4) is 0 Å². The predicted molar refractivity (Wildman–Crippen MR) is 88.6 cm³/mol. The number of aryl methyl sites for hydroxylation is 1. The molecule has 0 radical (unpaired) electrons. The normalized spacial score (nSPS) is 10.3. The zero-order valence-electron chi connectivity index (χ0n) is 12.1. The lowest BCUT2D eigenvalue weighted by Crippen LogP contribution is -2.13. The van der Waals surface area contributed by atoms with Crippen LogP contribution in [0.4, 0.5) is 17.5 Å². The van der Waals surface area contributed by atoms with Crippen LogP contribution in [-0.2, 0) is 0 Å². The molecule has 23 heavy (non-hydrogen) atoms. The van der Waals surface area contributed by atoms with Crippen molar-refractivity contribution in [2.24, 2.45) is 0 Å². The quantitative estimate of drug-likeness (QED) is 0.726. The summed E-state index contributed by atoms with van der Waals surface area (Å²) in [7, 11) is 0. The standard InChI is InChI=1S/C15H12BrN5O2/c1-9-6-13(21-23-9)20-14(22)10-7-17-15(18-8-10)19-12-5-3-2-4-11(12)16/h2-8H,1H3,(H,17,18,19)(H,20,21,22). The SMILES string of the molecule is Cc1cc(NC(=O)c2cnc(Nc3ccccc3Br)nc2)no1. The van der Waals surface area contributed by atoms with E-state index in [4.69, 9.17) is 4.52 Å². The van der Waals surface area contributed by atoms with Crippen LogP contribution in [0.1, 0.15) is 16.1 Å². The van der Waals surface area contributed by atoms with E-state index in [-0.39, 0.29) is 5.91 Å². The molecule has 0 aliphatic heterocycles. The van der Waals surface area contributed by atoms with Crippen molar-refractivity contribution >= 4 is 39.3 Å². The van der Waals surface area contributed by atoms with Gasteiger partial charge in [0.1, 0.15) is 5.76 Å². The van der Waals surface area contributed by atoms with Crippen molar-refractivity contribution in [1.29, 1.82) is 0 Å². The minimum Gasteiger partial charge on any atom is -0.360 e. The molecule has 7 nitrogen and oxygen atoms in total. The number of aromatic nitrogens is 3. The van der Waals surface area contributed by atoms with Gasteiger partial charge in [0.05, 0.1) is 11.3 Å². The topological polar surface area (TPSA) is 92.9 Å². The highest BCUT2D eigenvalue weighted by atomic mass is 79.9. The maximum Gasteiger partial charge on any atom is 0.260 e. The van der Waals surface area contributed by atoms with Gasteiger partial charge in [-0.05, 0) is 35.0 Å². The average Bonchev–Trinajstić information content (AvgIpc) is 2.95. The highest BCUT2D eigenvalue weighted by molar-refractivity contribution is 9.10. The molecule has 8 heteroatoms. The summed E-state index contributed by atoms with van der Waals surface area (Å²) in [5.74, 6) is 1.00. The summed E-state index contributed by atoms with van der Waals surface area (Å²) in [4.78, 5) is 20.3. The van der Waals surface area contributed by atoms with Gasteiger partial charge in [-0.25, -0.2) is 9.97 Å². The van der Waals surface area contributed by atoms with Gasteiger partial charge >= 0.3 is 0 Å². The Balaban J connectivity index is 1.69. The third kappa shape index (κ3) is 3.72. The van der Waals surface area contributed by atoms with Crippen molar-refractivity contribution < 1.29 is 9.32 Å². The molecule has 0 aliphatic carbocycles. The van der Waals surface area contributed by atoms with E-state index in [2.05, 4.69) is 41.7 Å². The third-order valence-corrected chi connectivity index (χ3v) is 3.60. The molecular formula is C15H12BrN5O2. The Morgan fingerprint density at radius 1 is 1.22 bits per heavy atom. The molecule has 3 aromatic rings. The van der Waals surface area contributed by atoms with Crippen molar-refractivity contribution in [3.63, 3.8) is 0 Å². The second-order valence-corrected chi connectivity index (χ2v) is 5.53. The van der Waals surface area contributed by atoms with Crippen LogP contribution in [0.15, 0.2) is 51.7 Å². The van der Waals surface area contributed by atoms with Crippen molar-refractivity contribution in [2.45, 2.75) is 6.92 Å². The molecule has 0 atom stereocenters. The highest BCUT2D eigenvalue weighted by Gasteiger charge is 2.10. The fourth-order valence-electron chi connectivity index (χ4n) is 1.81. The van der Waals surface area contributed by atoms with E-state index in [1.165, 1.54) is 12.4 Å². The number of anilines is 3. The van der Waals surface area contributed by atoms with Crippen LogP contribution in [0.5, 0.6) is 0 Å². The molecule has 0 saturated heterocycles. The number of carbonyl (C=O) groups excluding carboxylic acids is 1. The lowest BCUT2D eigenvalue weighted by Gasteiger charge is -2.07. The molecule has 0 saturated carbocycles. The maximum absolute atomic E-state index is 12.0. The lowest BCUT2D eigenvalue weighted by atomic mass is 10.3. The number of carbonyl (C=O) groups is 1. The molecule has 0 bridgehead atoms. The highest BCUT2D eigenvalue weighted by Crippen LogP contribution is 2.23. The number of hydrogen-bond donors (Lipinski definition) is 2. The largest absolute Gasteiger partial charge is 0.360 e. The van der Waals surface area contributed by atoms with E-state index >= 15 is 0 Å². The van der Waals surface area contributed by atoms with E-state index in [0.717, 1.165) is 10.2 Å². The number of amides is 1. The number of benzene rings is 1. The number of hydrogen-bond acceptors (Lipinski definition) is 6. The lowest BCUT2D eigenvalue weighted by molar-refractivity contribution is 0.102. The van der Waals surface area contributed by atoms with E-state index < -0.39 is 0 Å². The van der Waals surface area contributed by atoms with Crippen molar-refractivity contribution in [3.05, 3.63) is 58.5 Å². The van der Waals surface area contributed by atoms with Crippen LogP contribution in [0.3, 0.4) is 0 Å². The predicted octanol–water partition coefficient (Wildman–Crippen LogP) is 3.53. The molecule has 2 N–H and O–H groups in total. The Kier molecular flexibility index (Phi) is 4.33. The molecule has 3 rings (SSSR count). The first kappa shape index (κ1) is 15.2. The summed E-state index contributed by atoms with van der Waals surface area (Å²) in [6, 6.07) is 9.23. The molecule has 2 aromatic heterocycles. The van der Waals surface area contributed by atoms with Crippen LogP contribution in [0.25, 0.3) is 0 Å². The van der Waals surface area contributed by atoms with Crippen molar-refractivity contribution in [2.75, 3.05) is 10.6 Å². The Hall–Kier alpha value is -2.74. The molecule has 0 aliphatic rings. The fourth-order valence-corrected chi connectivity index (χ4v) is 2.19. The van der Waals surface area contributed by atoms with Gasteiger partial charge in [0.15, 0.2) is 5.82 Å². The second kappa shape index (κ2) is 6.57.